The fourth-order valence-electron chi connectivity index (χ4n) is 3.03. The molecule has 1 fully saturated rings. The number of amides is 1. The molecule has 25 heavy (non-hydrogen) atoms. The lowest BCUT2D eigenvalue weighted by molar-refractivity contribution is -0.116. The maximum atomic E-state index is 12.3. The van der Waals surface area contributed by atoms with Crippen LogP contribution in [0.3, 0.4) is 0 Å². The van der Waals surface area contributed by atoms with Crippen LogP contribution in [0.15, 0.2) is 18.2 Å². The van der Waals surface area contributed by atoms with E-state index >= 15 is 0 Å². The molecule has 6 nitrogen and oxygen atoms in total. The van der Waals surface area contributed by atoms with Crippen molar-refractivity contribution in [2.75, 3.05) is 50.1 Å². The van der Waals surface area contributed by atoms with Crippen molar-refractivity contribution in [1.82, 2.24) is 4.90 Å². The second-order valence-electron chi connectivity index (χ2n) is 6.79. The van der Waals surface area contributed by atoms with Crippen LogP contribution in [-0.4, -0.2) is 56.6 Å². The molecule has 0 saturated carbocycles. The van der Waals surface area contributed by atoms with Gasteiger partial charge in [0.2, 0.25) is 5.91 Å². The average Bonchev–Trinajstić information content (AvgIpc) is 2.60. The fraction of sp³-hybridized carbons (Fsp3) is 0.579. The average molecular weight is 347 g/mol. The summed E-state index contributed by atoms with van der Waals surface area (Å²) in [5, 5.41) is 2.98. The van der Waals surface area contributed by atoms with Crippen molar-refractivity contribution in [3.05, 3.63) is 23.8 Å². The van der Waals surface area contributed by atoms with Crippen LogP contribution in [0.4, 0.5) is 11.4 Å². The van der Waals surface area contributed by atoms with E-state index < -0.39 is 5.97 Å². The molecule has 2 rings (SSSR count). The minimum Gasteiger partial charge on any atom is -0.465 e. The number of piperazine rings is 1. The number of nitrogens with zero attached hydrogens (tertiary/aromatic N) is 2. The van der Waals surface area contributed by atoms with Crippen molar-refractivity contribution in [2.24, 2.45) is 5.92 Å². The first-order valence-electron chi connectivity index (χ1n) is 8.94. The number of carbonyl (C=O) groups excluding carboxylic acids is 2. The van der Waals surface area contributed by atoms with Crippen LogP contribution in [0.1, 0.15) is 37.6 Å². The summed E-state index contributed by atoms with van der Waals surface area (Å²) >= 11 is 0. The number of ether oxygens (including phenoxy) is 1. The van der Waals surface area contributed by atoms with Crippen LogP contribution in [0.2, 0.25) is 0 Å². The zero-order valence-electron chi connectivity index (χ0n) is 15.7. The van der Waals surface area contributed by atoms with Crippen molar-refractivity contribution in [3.63, 3.8) is 0 Å². The van der Waals surface area contributed by atoms with E-state index in [1.165, 1.54) is 7.11 Å². The Balaban J connectivity index is 2.24. The number of nitrogens with one attached hydrogen (secondary N) is 1. The Labute approximate surface area is 150 Å². The predicted octanol–water partition coefficient (Wildman–Crippen LogP) is 2.60. The molecule has 138 valence electrons. The lowest BCUT2D eigenvalue weighted by atomic mass is 10.1. The van der Waals surface area contributed by atoms with Crippen molar-refractivity contribution >= 4 is 23.3 Å². The molecule has 1 heterocycles. The summed E-state index contributed by atoms with van der Waals surface area (Å²) in [6.45, 7) is 11.0. The quantitative estimate of drug-likeness (QED) is 0.802. The van der Waals surface area contributed by atoms with Gasteiger partial charge in [0, 0.05) is 32.6 Å². The van der Waals surface area contributed by atoms with E-state index in [1.54, 1.807) is 12.1 Å². The summed E-state index contributed by atoms with van der Waals surface area (Å²) in [5.41, 5.74) is 2.08. The summed E-state index contributed by atoms with van der Waals surface area (Å²) in [6, 6.07) is 5.37. The molecule has 1 aromatic rings. The Kier molecular flexibility index (Phi) is 6.82. The van der Waals surface area contributed by atoms with Gasteiger partial charge in [-0.15, -0.1) is 0 Å². The third-order valence-corrected chi connectivity index (χ3v) is 4.45. The number of methoxy groups -OCH3 is 1. The Morgan fingerprint density at radius 1 is 1.20 bits per heavy atom. The Morgan fingerprint density at radius 3 is 2.44 bits per heavy atom. The van der Waals surface area contributed by atoms with Gasteiger partial charge in [-0.2, -0.15) is 0 Å². The second kappa shape index (κ2) is 8.85. The molecular formula is C19H29N3O3. The third kappa shape index (κ3) is 5.19. The molecule has 1 aromatic carbocycles. The second-order valence-corrected chi connectivity index (χ2v) is 6.79. The molecule has 1 N–H and O–H groups in total. The molecule has 0 atom stereocenters. The molecule has 0 aromatic heterocycles. The van der Waals surface area contributed by atoms with Crippen molar-refractivity contribution in [1.29, 1.82) is 0 Å². The predicted molar refractivity (Wildman–Crippen MR) is 100 cm³/mol. The van der Waals surface area contributed by atoms with Crippen molar-refractivity contribution in [3.8, 4) is 0 Å². The molecule has 1 saturated heterocycles. The monoisotopic (exact) mass is 347 g/mol. The largest absolute Gasteiger partial charge is 0.465 e. The smallest absolute Gasteiger partial charge is 0.337 e. The van der Waals surface area contributed by atoms with Gasteiger partial charge in [0.25, 0.3) is 0 Å². The van der Waals surface area contributed by atoms with Crippen LogP contribution in [0.25, 0.3) is 0 Å². The molecule has 6 heteroatoms. The number of likely N-dealkylation sites (N-methyl/N-ethyl adjacent to an activating group) is 1. The van der Waals surface area contributed by atoms with Crippen LogP contribution < -0.4 is 10.2 Å². The van der Waals surface area contributed by atoms with Gasteiger partial charge in [0.15, 0.2) is 0 Å². The topological polar surface area (TPSA) is 61.9 Å². The minimum atomic E-state index is -0.401. The maximum Gasteiger partial charge on any atom is 0.337 e. The van der Waals surface area contributed by atoms with E-state index in [1.807, 2.05) is 19.9 Å². The number of benzene rings is 1. The minimum absolute atomic E-state index is 0.0366. The zero-order chi connectivity index (χ0) is 18.4. The molecule has 1 aliphatic rings. The number of esters is 1. The SMILES string of the molecule is CCN1CCN(c2ccc(C(=O)OC)cc2NC(=O)CC(C)C)CC1. The van der Waals surface area contributed by atoms with Crippen LogP contribution in [0, 0.1) is 5.92 Å². The summed E-state index contributed by atoms with van der Waals surface area (Å²) in [4.78, 5) is 28.8. The first-order valence-corrected chi connectivity index (χ1v) is 8.94. The highest BCUT2D eigenvalue weighted by Gasteiger charge is 2.20. The zero-order valence-corrected chi connectivity index (χ0v) is 15.7. The first-order chi connectivity index (χ1) is 11.9. The Hall–Kier alpha value is -2.08. The van der Waals surface area contributed by atoms with Gasteiger partial charge in [-0.05, 0) is 30.7 Å². The highest BCUT2D eigenvalue weighted by Crippen LogP contribution is 2.29. The summed E-state index contributed by atoms with van der Waals surface area (Å²) in [6.07, 6.45) is 0.450. The summed E-state index contributed by atoms with van der Waals surface area (Å²) in [7, 11) is 1.36. The molecular weight excluding hydrogens is 318 g/mol. The highest BCUT2D eigenvalue weighted by molar-refractivity contribution is 5.98. The summed E-state index contributed by atoms with van der Waals surface area (Å²) in [5.74, 6) is -0.160. The first kappa shape index (κ1) is 19.2. The highest BCUT2D eigenvalue weighted by atomic mass is 16.5. The number of anilines is 2. The molecule has 0 aliphatic carbocycles. The third-order valence-electron chi connectivity index (χ3n) is 4.45. The Morgan fingerprint density at radius 2 is 1.88 bits per heavy atom. The van der Waals surface area contributed by atoms with Gasteiger partial charge >= 0.3 is 5.97 Å². The van der Waals surface area contributed by atoms with E-state index in [0.717, 1.165) is 38.4 Å². The molecule has 0 spiro atoms. The van der Waals surface area contributed by atoms with Gasteiger partial charge < -0.3 is 19.9 Å². The molecule has 0 bridgehead atoms. The summed E-state index contributed by atoms with van der Waals surface area (Å²) < 4.78 is 4.80. The van der Waals surface area contributed by atoms with Crippen LogP contribution >= 0.6 is 0 Å². The molecule has 1 amide bonds. The number of hydrogen-bond donors (Lipinski definition) is 1. The van der Waals surface area contributed by atoms with Crippen LogP contribution in [-0.2, 0) is 9.53 Å². The van der Waals surface area contributed by atoms with Gasteiger partial charge in [-0.25, -0.2) is 4.79 Å². The Bertz CT molecular complexity index is 608. The van der Waals surface area contributed by atoms with E-state index in [4.69, 9.17) is 4.74 Å². The van der Waals surface area contributed by atoms with Crippen molar-refractivity contribution < 1.29 is 14.3 Å². The van der Waals surface area contributed by atoms with Gasteiger partial charge in [0.1, 0.15) is 0 Å². The van der Waals surface area contributed by atoms with Gasteiger partial charge in [-0.1, -0.05) is 20.8 Å². The number of hydrogen-bond acceptors (Lipinski definition) is 5. The van der Waals surface area contributed by atoms with E-state index in [-0.39, 0.29) is 11.8 Å². The lowest BCUT2D eigenvalue weighted by Crippen LogP contribution is -2.46. The van der Waals surface area contributed by atoms with E-state index in [9.17, 15) is 9.59 Å². The maximum absolute atomic E-state index is 12.3. The van der Waals surface area contributed by atoms with Gasteiger partial charge in [0.05, 0.1) is 24.0 Å². The number of carbonyl (C=O) groups is 2. The lowest BCUT2D eigenvalue weighted by Gasteiger charge is -2.36. The molecule has 0 radical (unpaired) electrons. The normalized spacial score (nSPS) is 15.3. The number of rotatable bonds is 6. The van der Waals surface area contributed by atoms with Crippen molar-refractivity contribution in [2.45, 2.75) is 27.2 Å². The van der Waals surface area contributed by atoms with E-state index in [2.05, 4.69) is 22.0 Å². The van der Waals surface area contributed by atoms with Crippen LogP contribution in [0.5, 0.6) is 0 Å². The standard InChI is InChI=1S/C19H29N3O3/c1-5-21-8-10-22(11-9-21)17-7-6-15(19(24)25-4)13-16(17)20-18(23)12-14(2)3/h6-7,13-14H,5,8-12H2,1-4H3,(H,20,23). The molecule has 0 unspecified atom stereocenters. The van der Waals surface area contributed by atoms with E-state index in [0.29, 0.717) is 17.7 Å². The fourth-order valence-corrected chi connectivity index (χ4v) is 3.03. The van der Waals surface area contributed by atoms with Gasteiger partial charge in [-0.3, -0.25) is 4.79 Å². The molecule has 1 aliphatic heterocycles.